The highest BCUT2D eigenvalue weighted by Crippen LogP contribution is 2.15. The Morgan fingerprint density at radius 3 is 2.21 bits per heavy atom. The van der Waals surface area contributed by atoms with E-state index >= 15 is 0 Å². The van der Waals surface area contributed by atoms with Crippen molar-refractivity contribution in [3.8, 4) is 0 Å². The van der Waals surface area contributed by atoms with Crippen molar-refractivity contribution in [3.63, 3.8) is 0 Å². The second kappa shape index (κ2) is 10.9. The molecule has 0 saturated carbocycles. The Balaban J connectivity index is 1.70. The van der Waals surface area contributed by atoms with E-state index < -0.39 is 6.04 Å². The van der Waals surface area contributed by atoms with Crippen molar-refractivity contribution < 1.29 is 14.4 Å². The van der Waals surface area contributed by atoms with Crippen molar-refractivity contribution in [3.05, 3.63) is 88.1 Å². The first-order valence-corrected chi connectivity index (χ1v) is 11.8. The molecular formula is C26H29N3O3S. The molecule has 6 nitrogen and oxygen atoms in total. The minimum atomic E-state index is -0.754. The summed E-state index contributed by atoms with van der Waals surface area (Å²) in [6.07, 6.45) is 1.17. The van der Waals surface area contributed by atoms with E-state index in [1.54, 1.807) is 36.4 Å². The molecule has 3 N–H and O–H groups in total. The average Bonchev–Trinajstić information content (AvgIpc) is 3.35. The Hall–Kier alpha value is -3.45. The van der Waals surface area contributed by atoms with Crippen molar-refractivity contribution in [2.45, 2.75) is 45.2 Å². The fourth-order valence-electron chi connectivity index (χ4n) is 3.10. The zero-order chi connectivity index (χ0) is 23.8. The van der Waals surface area contributed by atoms with Gasteiger partial charge in [0.25, 0.3) is 11.8 Å². The number of benzene rings is 2. The molecule has 0 aliphatic heterocycles. The van der Waals surface area contributed by atoms with E-state index in [2.05, 4.69) is 16.0 Å². The third-order valence-corrected chi connectivity index (χ3v) is 6.27. The number of thiophene rings is 1. The van der Waals surface area contributed by atoms with Crippen LogP contribution in [0, 0.1) is 0 Å². The SMILES string of the molecule is CCC(C)(C)NC(=O)c1ccc(NC(=O)C(Cc2ccccc2)NC(=O)c2cccs2)cc1. The van der Waals surface area contributed by atoms with Gasteiger partial charge in [-0.15, -0.1) is 11.3 Å². The topological polar surface area (TPSA) is 87.3 Å². The molecule has 1 unspecified atom stereocenters. The minimum absolute atomic E-state index is 0.162. The lowest BCUT2D eigenvalue weighted by Gasteiger charge is -2.24. The van der Waals surface area contributed by atoms with Crippen LogP contribution < -0.4 is 16.0 Å². The van der Waals surface area contributed by atoms with E-state index in [0.717, 1.165) is 12.0 Å². The number of amides is 3. The summed E-state index contributed by atoms with van der Waals surface area (Å²) < 4.78 is 0. The van der Waals surface area contributed by atoms with Gasteiger partial charge in [0.2, 0.25) is 5.91 Å². The van der Waals surface area contributed by atoms with E-state index in [4.69, 9.17) is 0 Å². The number of hydrogen-bond acceptors (Lipinski definition) is 4. The highest BCUT2D eigenvalue weighted by Gasteiger charge is 2.23. The number of nitrogens with one attached hydrogen (secondary N) is 3. The number of rotatable bonds is 9. The van der Waals surface area contributed by atoms with Crippen LogP contribution in [0.1, 0.15) is 52.8 Å². The lowest BCUT2D eigenvalue weighted by molar-refractivity contribution is -0.118. The smallest absolute Gasteiger partial charge is 0.262 e. The Morgan fingerprint density at radius 2 is 1.61 bits per heavy atom. The van der Waals surface area contributed by atoms with Crippen LogP contribution in [0.4, 0.5) is 5.69 Å². The van der Waals surface area contributed by atoms with Gasteiger partial charge in [-0.1, -0.05) is 43.3 Å². The quantitative estimate of drug-likeness (QED) is 0.432. The molecule has 33 heavy (non-hydrogen) atoms. The standard InChI is InChI=1S/C26H29N3O3S/c1-4-26(2,3)29-23(30)19-12-14-20(15-13-19)27-24(31)21(17-18-9-6-5-7-10-18)28-25(32)22-11-8-16-33-22/h5-16,21H,4,17H2,1-3H3,(H,27,31)(H,28,32)(H,29,30). The van der Waals surface area contributed by atoms with Gasteiger partial charge >= 0.3 is 0 Å². The van der Waals surface area contributed by atoms with Gasteiger partial charge < -0.3 is 16.0 Å². The highest BCUT2D eigenvalue weighted by molar-refractivity contribution is 7.12. The van der Waals surface area contributed by atoms with Crippen LogP contribution in [0.2, 0.25) is 0 Å². The summed E-state index contributed by atoms with van der Waals surface area (Å²) in [6, 6.07) is 19.0. The van der Waals surface area contributed by atoms with Gasteiger partial charge in [-0.2, -0.15) is 0 Å². The first-order chi connectivity index (χ1) is 15.8. The van der Waals surface area contributed by atoms with Crippen LogP contribution >= 0.6 is 11.3 Å². The van der Waals surface area contributed by atoms with E-state index in [-0.39, 0.29) is 23.3 Å². The number of carbonyl (C=O) groups excluding carboxylic acids is 3. The summed E-state index contributed by atoms with van der Waals surface area (Å²) in [7, 11) is 0. The maximum Gasteiger partial charge on any atom is 0.262 e. The van der Waals surface area contributed by atoms with E-state index in [9.17, 15) is 14.4 Å². The van der Waals surface area contributed by atoms with Crippen molar-refractivity contribution in [2.75, 3.05) is 5.32 Å². The summed E-state index contributed by atoms with van der Waals surface area (Å²) in [6.45, 7) is 5.95. The normalized spacial score (nSPS) is 12.0. The van der Waals surface area contributed by atoms with Crippen LogP contribution in [-0.4, -0.2) is 29.3 Å². The molecule has 0 radical (unpaired) electrons. The molecule has 0 spiro atoms. The molecule has 7 heteroatoms. The zero-order valence-corrected chi connectivity index (χ0v) is 19.9. The van der Waals surface area contributed by atoms with Crippen LogP contribution in [-0.2, 0) is 11.2 Å². The Morgan fingerprint density at radius 1 is 0.909 bits per heavy atom. The van der Waals surface area contributed by atoms with E-state index in [1.807, 2.05) is 56.5 Å². The number of anilines is 1. The molecular weight excluding hydrogens is 434 g/mol. The highest BCUT2D eigenvalue weighted by atomic mass is 32.1. The molecule has 0 aliphatic rings. The molecule has 0 fully saturated rings. The zero-order valence-electron chi connectivity index (χ0n) is 19.1. The van der Waals surface area contributed by atoms with E-state index in [0.29, 0.717) is 22.5 Å². The Labute approximate surface area is 198 Å². The molecule has 0 saturated heterocycles. The fourth-order valence-corrected chi connectivity index (χ4v) is 3.73. The first kappa shape index (κ1) is 24.2. The number of hydrogen-bond donors (Lipinski definition) is 3. The molecule has 172 valence electrons. The third kappa shape index (κ3) is 7.02. The second-order valence-electron chi connectivity index (χ2n) is 8.45. The van der Waals surface area contributed by atoms with Gasteiger partial charge in [0.15, 0.2) is 0 Å². The molecule has 2 aromatic carbocycles. The van der Waals surface area contributed by atoms with Gasteiger partial charge in [-0.05, 0) is 61.5 Å². The molecule has 0 aliphatic carbocycles. The molecule has 1 heterocycles. The van der Waals surface area contributed by atoms with Crippen LogP contribution in [0.3, 0.4) is 0 Å². The summed E-state index contributed by atoms with van der Waals surface area (Å²) in [5.41, 5.74) is 1.71. The largest absolute Gasteiger partial charge is 0.347 e. The van der Waals surface area contributed by atoms with E-state index in [1.165, 1.54) is 11.3 Å². The van der Waals surface area contributed by atoms with Crippen LogP contribution in [0.5, 0.6) is 0 Å². The predicted molar refractivity (Wildman–Crippen MR) is 133 cm³/mol. The number of carbonyl (C=O) groups is 3. The van der Waals surface area contributed by atoms with Crippen molar-refractivity contribution in [1.29, 1.82) is 0 Å². The van der Waals surface area contributed by atoms with Gasteiger partial charge in [0.1, 0.15) is 6.04 Å². The van der Waals surface area contributed by atoms with Gasteiger partial charge in [0.05, 0.1) is 4.88 Å². The first-order valence-electron chi connectivity index (χ1n) is 10.9. The Bertz CT molecular complexity index is 1080. The van der Waals surface area contributed by atoms with Gasteiger partial charge in [0, 0.05) is 23.2 Å². The Kier molecular flexibility index (Phi) is 8.01. The van der Waals surface area contributed by atoms with Crippen LogP contribution in [0.25, 0.3) is 0 Å². The third-order valence-electron chi connectivity index (χ3n) is 5.40. The summed E-state index contributed by atoms with van der Waals surface area (Å²) in [5.74, 6) is -0.774. The van der Waals surface area contributed by atoms with Gasteiger partial charge in [-0.25, -0.2) is 0 Å². The van der Waals surface area contributed by atoms with Crippen LogP contribution in [0.15, 0.2) is 72.1 Å². The van der Waals surface area contributed by atoms with Crippen molar-refractivity contribution >= 4 is 34.7 Å². The summed E-state index contributed by atoms with van der Waals surface area (Å²) in [5, 5.41) is 10.5. The minimum Gasteiger partial charge on any atom is -0.347 e. The average molecular weight is 464 g/mol. The fraction of sp³-hybridized carbons (Fsp3) is 0.269. The summed E-state index contributed by atoms with van der Waals surface area (Å²) >= 11 is 1.32. The molecule has 3 aromatic rings. The molecule has 1 atom stereocenters. The molecule has 1 aromatic heterocycles. The van der Waals surface area contributed by atoms with Crippen molar-refractivity contribution in [1.82, 2.24) is 10.6 Å². The lowest BCUT2D eigenvalue weighted by atomic mass is 10.0. The lowest BCUT2D eigenvalue weighted by Crippen LogP contribution is -2.45. The monoisotopic (exact) mass is 463 g/mol. The second-order valence-corrected chi connectivity index (χ2v) is 9.40. The van der Waals surface area contributed by atoms with Gasteiger partial charge in [-0.3, -0.25) is 14.4 Å². The maximum atomic E-state index is 13.1. The molecule has 0 bridgehead atoms. The molecule has 3 amide bonds. The predicted octanol–water partition coefficient (Wildman–Crippen LogP) is 4.65. The summed E-state index contributed by atoms with van der Waals surface area (Å²) in [4.78, 5) is 38.7. The molecule has 3 rings (SSSR count). The van der Waals surface area contributed by atoms with Crippen molar-refractivity contribution in [2.24, 2.45) is 0 Å². The maximum absolute atomic E-state index is 13.1.